The van der Waals surface area contributed by atoms with Gasteiger partial charge in [0.25, 0.3) is 0 Å². The van der Waals surface area contributed by atoms with Crippen molar-refractivity contribution in [3.8, 4) is 0 Å². The number of carbonyl (C=O) groups is 2. The minimum atomic E-state index is -1.14. The fraction of sp³-hybridized carbons (Fsp3) is 0.500. The van der Waals surface area contributed by atoms with Gasteiger partial charge in [0.05, 0.1) is 13.0 Å². The van der Waals surface area contributed by atoms with E-state index in [0.29, 0.717) is 0 Å². The van der Waals surface area contributed by atoms with Crippen molar-refractivity contribution in [1.29, 1.82) is 0 Å². The molecule has 0 aliphatic carbocycles. The molecule has 0 aromatic carbocycles. The van der Waals surface area contributed by atoms with Crippen molar-refractivity contribution in [3.63, 3.8) is 0 Å². The summed E-state index contributed by atoms with van der Waals surface area (Å²) in [5.74, 6) is -1.22. The Labute approximate surface area is 79.4 Å². The molecule has 0 aromatic rings. The average molecular weight is 199 g/mol. The molecule has 2 aliphatic rings. The highest BCUT2D eigenvalue weighted by Crippen LogP contribution is 2.36. The third-order valence-corrected chi connectivity index (χ3v) is 2.29. The summed E-state index contributed by atoms with van der Waals surface area (Å²) in [6.45, 7) is -0.298. The second kappa shape index (κ2) is 2.98. The molecule has 0 radical (unpaired) electrons. The molecule has 2 heterocycles. The van der Waals surface area contributed by atoms with Crippen LogP contribution in [0.5, 0.6) is 0 Å². The molecular formula is C8H9NO5. The van der Waals surface area contributed by atoms with Crippen LogP contribution < -0.4 is 0 Å². The number of amides is 1. The topological polar surface area (TPSA) is 87.1 Å². The monoisotopic (exact) mass is 199 g/mol. The molecular weight excluding hydrogens is 190 g/mol. The number of hydrogen-bond acceptors (Lipinski definition) is 4. The fourth-order valence-corrected chi connectivity index (χ4v) is 1.66. The molecule has 0 spiro atoms. The van der Waals surface area contributed by atoms with E-state index >= 15 is 0 Å². The van der Waals surface area contributed by atoms with E-state index < -0.39 is 18.2 Å². The van der Waals surface area contributed by atoms with E-state index in [2.05, 4.69) is 0 Å². The minimum Gasteiger partial charge on any atom is -0.479 e. The molecule has 2 N–H and O–H groups in total. The Balaban J connectivity index is 2.26. The van der Waals surface area contributed by atoms with Crippen LogP contribution in [0.25, 0.3) is 0 Å². The Morgan fingerprint density at radius 1 is 1.71 bits per heavy atom. The van der Waals surface area contributed by atoms with Gasteiger partial charge in [-0.1, -0.05) is 0 Å². The lowest BCUT2D eigenvalue weighted by Crippen LogP contribution is -2.54. The van der Waals surface area contributed by atoms with Gasteiger partial charge in [-0.05, 0) is 6.08 Å². The maximum absolute atomic E-state index is 11.1. The van der Waals surface area contributed by atoms with Crippen molar-refractivity contribution in [2.45, 2.75) is 18.7 Å². The van der Waals surface area contributed by atoms with Crippen LogP contribution in [0, 0.1) is 0 Å². The molecule has 0 saturated carbocycles. The molecule has 2 saturated heterocycles. The summed E-state index contributed by atoms with van der Waals surface area (Å²) in [6.07, 6.45) is 1.03. The summed E-state index contributed by atoms with van der Waals surface area (Å²) in [5.41, 5.74) is 0. The minimum absolute atomic E-state index is 0.149. The zero-order valence-corrected chi connectivity index (χ0v) is 7.21. The van der Waals surface area contributed by atoms with Gasteiger partial charge >= 0.3 is 5.97 Å². The van der Waals surface area contributed by atoms with Gasteiger partial charge in [-0.2, -0.15) is 0 Å². The lowest BCUT2D eigenvalue weighted by molar-refractivity contribution is -0.163. The first-order valence-corrected chi connectivity index (χ1v) is 4.16. The van der Waals surface area contributed by atoms with Crippen LogP contribution in [0.3, 0.4) is 0 Å². The van der Waals surface area contributed by atoms with E-state index in [9.17, 15) is 9.59 Å². The molecule has 2 fully saturated rings. The predicted octanol–water partition coefficient (Wildman–Crippen LogP) is -1.10. The van der Waals surface area contributed by atoms with Gasteiger partial charge in [0.1, 0.15) is 5.76 Å². The summed E-state index contributed by atoms with van der Waals surface area (Å²) in [4.78, 5) is 23.1. The van der Waals surface area contributed by atoms with Crippen LogP contribution in [0.2, 0.25) is 0 Å². The highest BCUT2D eigenvalue weighted by molar-refractivity contribution is 5.91. The Hall–Kier alpha value is -1.56. The molecule has 14 heavy (non-hydrogen) atoms. The lowest BCUT2D eigenvalue weighted by Gasteiger charge is -2.33. The van der Waals surface area contributed by atoms with Gasteiger partial charge in [0.2, 0.25) is 5.91 Å². The number of carboxylic acids is 1. The Kier molecular flexibility index (Phi) is 1.92. The normalized spacial score (nSPS) is 32.5. The van der Waals surface area contributed by atoms with Crippen molar-refractivity contribution < 1.29 is 24.5 Å². The van der Waals surface area contributed by atoms with Gasteiger partial charge < -0.3 is 14.9 Å². The Morgan fingerprint density at radius 3 is 2.93 bits per heavy atom. The predicted molar refractivity (Wildman–Crippen MR) is 42.9 cm³/mol. The first-order valence-electron chi connectivity index (χ1n) is 4.16. The van der Waals surface area contributed by atoms with Crippen molar-refractivity contribution in [1.82, 2.24) is 4.90 Å². The summed E-state index contributed by atoms with van der Waals surface area (Å²) in [6, 6.07) is -1.06. The third kappa shape index (κ3) is 1.07. The second-order valence-corrected chi connectivity index (χ2v) is 3.11. The summed E-state index contributed by atoms with van der Waals surface area (Å²) < 4.78 is 5.17. The number of fused-ring (bicyclic) bond motifs is 1. The highest BCUT2D eigenvalue weighted by atomic mass is 16.5. The van der Waals surface area contributed by atoms with E-state index in [0.717, 1.165) is 0 Å². The van der Waals surface area contributed by atoms with Gasteiger partial charge in [-0.25, -0.2) is 4.79 Å². The lowest BCUT2D eigenvalue weighted by atomic mass is 10.1. The fourth-order valence-electron chi connectivity index (χ4n) is 1.66. The Morgan fingerprint density at radius 2 is 2.43 bits per heavy atom. The number of ether oxygens (including phenoxy) is 1. The largest absolute Gasteiger partial charge is 0.479 e. The van der Waals surface area contributed by atoms with E-state index in [1.165, 1.54) is 11.0 Å². The Bertz CT molecular complexity index is 324. The summed E-state index contributed by atoms with van der Waals surface area (Å²) >= 11 is 0. The van der Waals surface area contributed by atoms with Gasteiger partial charge in [-0.3, -0.25) is 9.69 Å². The molecule has 2 rings (SSSR count). The summed E-state index contributed by atoms with van der Waals surface area (Å²) in [7, 11) is 0. The van der Waals surface area contributed by atoms with E-state index in [4.69, 9.17) is 14.9 Å². The maximum Gasteiger partial charge on any atom is 0.334 e. The number of aliphatic hydroxyl groups excluding tert-OH is 1. The number of carbonyl (C=O) groups excluding carboxylic acids is 1. The second-order valence-electron chi connectivity index (χ2n) is 3.11. The molecule has 6 nitrogen and oxygen atoms in total. The van der Waals surface area contributed by atoms with Crippen LogP contribution in [-0.4, -0.2) is 45.9 Å². The highest BCUT2D eigenvalue weighted by Gasteiger charge is 2.53. The molecule has 2 atom stereocenters. The van der Waals surface area contributed by atoms with Gasteiger partial charge in [0, 0.05) is 0 Å². The zero-order valence-electron chi connectivity index (χ0n) is 7.21. The molecule has 1 amide bonds. The first-order chi connectivity index (χ1) is 6.65. The summed E-state index contributed by atoms with van der Waals surface area (Å²) in [5, 5.41) is 17.5. The number of β-lactam (4-membered cyclic amide) rings is 1. The number of aliphatic carboxylic acids is 1. The molecule has 0 aromatic heterocycles. The number of aliphatic hydroxyl groups is 1. The van der Waals surface area contributed by atoms with Gasteiger partial charge in [-0.15, -0.1) is 0 Å². The van der Waals surface area contributed by atoms with Crippen LogP contribution in [0.4, 0.5) is 0 Å². The number of hydrogen-bond donors (Lipinski definition) is 2. The number of rotatable bonds is 2. The standard InChI is InChI=1S/C8H9NO5/c10-2-1-4-7(8(12)13)9-5(11)3-6(9)14-4/h1,6-7,10H,2-3H2,(H,12,13)/b4-1+/t6?,7-/m1/s1. The van der Waals surface area contributed by atoms with Crippen LogP contribution in [-0.2, 0) is 14.3 Å². The zero-order chi connectivity index (χ0) is 10.3. The first kappa shape index (κ1) is 9.01. The molecule has 0 bridgehead atoms. The average Bonchev–Trinajstić information content (AvgIpc) is 2.39. The smallest absolute Gasteiger partial charge is 0.334 e. The van der Waals surface area contributed by atoms with Crippen molar-refractivity contribution in [2.75, 3.05) is 6.61 Å². The molecule has 2 aliphatic heterocycles. The molecule has 6 heteroatoms. The third-order valence-electron chi connectivity index (χ3n) is 2.29. The van der Waals surface area contributed by atoms with Crippen LogP contribution >= 0.6 is 0 Å². The van der Waals surface area contributed by atoms with E-state index in [-0.39, 0.29) is 24.7 Å². The van der Waals surface area contributed by atoms with Crippen LogP contribution in [0.15, 0.2) is 11.8 Å². The van der Waals surface area contributed by atoms with Crippen LogP contribution in [0.1, 0.15) is 6.42 Å². The SMILES string of the molecule is O=C(O)[C@H]1/C(=C\CO)OC2CC(=O)N21. The number of nitrogens with zero attached hydrogens (tertiary/aromatic N) is 1. The number of carboxylic acid groups (broad SMARTS) is 1. The van der Waals surface area contributed by atoms with Gasteiger partial charge in [0.15, 0.2) is 12.3 Å². The van der Waals surface area contributed by atoms with Crippen molar-refractivity contribution in [3.05, 3.63) is 11.8 Å². The quantitative estimate of drug-likeness (QED) is 0.551. The molecule has 76 valence electrons. The molecule has 1 unspecified atom stereocenters. The van der Waals surface area contributed by atoms with E-state index in [1.807, 2.05) is 0 Å². The van der Waals surface area contributed by atoms with Crippen molar-refractivity contribution >= 4 is 11.9 Å². The van der Waals surface area contributed by atoms with E-state index in [1.54, 1.807) is 0 Å². The van der Waals surface area contributed by atoms with Crippen molar-refractivity contribution in [2.24, 2.45) is 0 Å². The maximum atomic E-state index is 11.1.